The highest BCUT2D eigenvalue weighted by Gasteiger charge is 2.34. The first-order valence-corrected chi connectivity index (χ1v) is 11.3. The van der Waals surface area contributed by atoms with E-state index in [9.17, 15) is 18.3 Å². The van der Waals surface area contributed by atoms with Crippen molar-refractivity contribution in [1.29, 1.82) is 0 Å². The number of hydrogen-bond acceptors (Lipinski definition) is 4. The van der Waals surface area contributed by atoms with E-state index in [-0.39, 0.29) is 23.8 Å². The van der Waals surface area contributed by atoms with Crippen LogP contribution in [0.3, 0.4) is 0 Å². The van der Waals surface area contributed by atoms with Gasteiger partial charge in [0.25, 0.3) is 0 Å². The fraction of sp³-hybridized carbons (Fsp3) is 0.250. The van der Waals surface area contributed by atoms with Gasteiger partial charge in [-0.15, -0.1) is 0 Å². The van der Waals surface area contributed by atoms with Crippen molar-refractivity contribution >= 4 is 5.71 Å². The number of aliphatic hydroxyl groups is 1. The number of aliphatic hydroxyl groups excluding tert-OH is 1. The molecule has 1 heterocycles. The van der Waals surface area contributed by atoms with Gasteiger partial charge in [-0.05, 0) is 40.8 Å². The summed E-state index contributed by atoms with van der Waals surface area (Å²) in [6.45, 7) is 7.69. The molecule has 7 heteroatoms. The third-order valence-corrected chi connectivity index (χ3v) is 6.11. The summed E-state index contributed by atoms with van der Waals surface area (Å²) in [4.78, 5) is 7.61. The minimum atomic E-state index is -4.48. The largest absolute Gasteiger partial charge is 0.513 e. The van der Waals surface area contributed by atoms with Crippen LogP contribution in [0, 0.1) is 5.92 Å². The van der Waals surface area contributed by atoms with E-state index in [1.54, 1.807) is 43.3 Å². The number of alkyl halides is 3. The second-order valence-electron chi connectivity index (χ2n) is 8.77. The van der Waals surface area contributed by atoms with Crippen LogP contribution in [0.2, 0.25) is 0 Å². The van der Waals surface area contributed by atoms with Gasteiger partial charge in [0.15, 0.2) is 0 Å². The van der Waals surface area contributed by atoms with Gasteiger partial charge in [0, 0.05) is 25.6 Å². The highest BCUT2D eigenvalue weighted by molar-refractivity contribution is 5.98. The Balaban J connectivity index is 1.37. The molecular formula is C28H27F3N2O2. The molecule has 1 aliphatic rings. The van der Waals surface area contributed by atoms with Gasteiger partial charge in [0.1, 0.15) is 6.61 Å². The predicted octanol–water partition coefficient (Wildman–Crippen LogP) is 6.82. The molecule has 0 aliphatic carbocycles. The Kier molecular flexibility index (Phi) is 7.26. The topological polar surface area (TPSA) is 45.1 Å². The van der Waals surface area contributed by atoms with Crippen LogP contribution in [0.1, 0.15) is 29.2 Å². The zero-order chi connectivity index (χ0) is 25.0. The summed E-state index contributed by atoms with van der Waals surface area (Å²) in [5.74, 6) is 0.396. The molecule has 0 bridgehead atoms. The molecule has 0 aromatic heterocycles. The minimum absolute atomic E-state index is 0.0696. The molecule has 0 atom stereocenters. The molecule has 0 amide bonds. The van der Waals surface area contributed by atoms with E-state index in [4.69, 9.17) is 4.84 Å². The highest BCUT2D eigenvalue weighted by Crippen LogP contribution is 2.37. The van der Waals surface area contributed by atoms with Gasteiger partial charge in [-0.3, -0.25) is 4.90 Å². The molecule has 1 fully saturated rings. The van der Waals surface area contributed by atoms with Crippen LogP contribution in [0.25, 0.3) is 11.1 Å². The van der Waals surface area contributed by atoms with Crippen molar-refractivity contribution < 1.29 is 23.1 Å². The number of likely N-dealkylation sites (tertiary alicyclic amines) is 1. The van der Waals surface area contributed by atoms with Gasteiger partial charge in [-0.25, -0.2) is 0 Å². The number of rotatable bonds is 8. The zero-order valence-corrected chi connectivity index (χ0v) is 19.4. The van der Waals surface area contributed by atoms with Gasteiger partial charge in [0.05, 0.1) is 17.0 Å². The molecule has 0 saturated carbocycles. The van der Waals surface area contributed by atoms with E-state index in [0.717, 1.165) is 36.8 Å². The Morgan fingerprint density at radius 3 is 2.31 bits per heavy atom. The van der Waals surface area contributed by atoms with E-state index < -0.39 is 11.7 Å². The van der Waals surface area contributed by atoms with Gasteiger partial charge in [0.2, 0.25) is 0 Å². The van der Waals surface area contributed by atoms with E-state index in [2.05, 4.69) is 16.6 Å². The van der Waals surface area contributed by atoms with Crippen molar-refractivity contribution in [3.63, 3.8) is 0 Å². The summed E-state index contributed by atoms with van der Waals surface area (Å²) >= 11 is 0. The normalized spacial score (nSPS) is 15.0. The maximum Gasteiger partial charge on any atom is 0.417 e. The smallest absolute Gasteiger partial charge is 0.417 e. The average molecular weight is 481 g/mol. The zero-order valence-electron chi connectivity index (χ0n) is 19.4. The molecule has 0 spiro atoms. The van der Waals surface area contributed by atoms with Crippen molar-refractivity contribution in [1.82, 2.24) is 4.90 Å². The van der Waals surface area contributed by atoms with Crippen LogP contribution in [0.4, 0.5) is 13.2 Å². The summed E-state index contributed by atoms with van der Waals surface area (Å²) < 4.78 is 41.1. The third kappa shape index (κ3) is 6.11. The number of benzene rings is 3. The molecule has 3 aromatic rings. The lowest BCUT2D eigenvalue weighted by atomic mass is 9.97. The van der Waals surface area contributed by atoms with E-state index in [0.29, 0.717) is 16.8 Å². The van der Waals surface area contributed by atoms with Crippen LogP contribution in [-0.2, 0) is 24.2 Å². The Labute approximate surface area is 203 Å². The fourth-order valence-corrected chi connectivity index (χ4v) is 4.06. The van der Waals surface area contributed by atoms with Crippen LogP contribution in [0.5, 0.6) is 0 Å². The summed E-state index contributed by atoms with van der Waals surface area (Å²) in [6.07, 6.45) is -4.48. The first-order chi connectivity index (χ1) is 16.7. The fourth-order valence-electron chi connectivity index (χ4n) is 4.06. The molecule has 0 radical (unpaired) electrons. The van der Waals surface area contributed by atoms with Crippen LogP contribution in [-0.4, -0.2) is 28.8 Å². The number of hydrogen-bond donors (Lipinski definition) is 1. The van der Waals surface area contributed by atoms with E-state index >= 15 is 0 Å². The monoisotopic (exact) mass is 480 g/mol. The molecule has 4 rings (SSSR count). The first-order valence-electron chi connectivity index (χ1n) is 11.3. The van der Waals surface area contributed by atoms with Gasteiger partial charge >= 0.3 is 6.18 Å². The van der Waals surface area contributed by atoms with Gasteiger partial charge in [-0.1, -0.05) is 78.5 Å². The second-order valence-corrected chi connectivity index (χ2v) is 8.77. The molecular weight excluding hydrogens is 453 g/mol. The predicted molar refractivity (Wildman–Crippen MR) is 131 cm³/mol. The molecule has 0 unspecified atom stereocenters. The van der Waals surface area contributed by atoms with Crippen LogP contribution < -0.4 is 0 Å². The number of nitrogens with zero attached hydrogens (tertiary/aromatic N) is 2. The van der Waals surface area contributed by atoms with Crippen LogP contribution in [0.15, 0.2) is 90.3 Å². The molecule has 1 N–H and O–H groups in total. The second kappa shape index (κ2) is 10.4. The summed E-state index contributed by atoms with van der Waals surface area (Å²) in [5.41, 5.74) is 2.99. The maximum absolute atomic E-state index is 13.7. The standard InChI is InChI=1S/C28H27F3N2O2/c1-19(23-11-8-21(9-12-23)15-33-16-25(17-33)20(2)34)32-35-18-22-10-13-26(24-6-4-3-5-7-24)27(14-22)28(29,30)31/h3-14,25,34H,2,15-18H2,1H3/b32-19-. The molecule has 1 saturated heterocycles. The maximum atomic E-state index is 13.7. The first kappa shape index (κ1) is 24.5. The van der Waals surface area contributed by atoms with Crippen molar-refractivity contribution in [2.24, 2.45) is 11.1 Å². The Morgan fingerprint density at radius 2 is 1.69 bits per heavy atom. The van der Waals surface area contributed by atoms with E-state index in [1.807, 2.05) is 24.3 Å². The third-order valence-electron chi connectivity index (χ3n) is 6.11. The van der Waals surface area contributed by atoms with E-state index in [1.165, 1.54) is 6.07 Å². The lowest BCUT2D eigenvalue weighted by molar-refractivity contribution is -0.137. The Morgan fingerprint density at radius 1 is 1.03 bits per heavy atom. The lowest BCUT2D eigenvalue weighted by Gasteiger charge is -2.38. The Bertz CT molecular complexity index is 1200. The van der Waals surface area contributed by atoms with Crippen molar-refractivity contribution in [2.75, 3.05) is 13.1 Å². The SMILES string of the molecule is C=C(O)C1CN(Cc2ccc(/C(C)=N\OCc3ccc(-c4ccccc4)c(C(F)(F)F)c3)cc2)C1. The minimum Gasteiger partial charge on any atom is -0.513 e. The summed E-state index contributed by atoms with van der Waals surface area (Å²) in [5, 5.41) is 13.5. The summed E-state index contributed by atoms with van der Waals surface area (Å²) in [6, 6.07) is 20.6. The molecule has 1 aliphatic heterocycles. The van der Waals surface area contributed by atoms with Gasteiger partial charge in [-0.2, -0.15) is 13.2 Å². The lowest BCUT2D eigenvalue weighted by Crippen LogP contribution is -2.46. The van der Waals surface area contributed by atoms with Crippen LogP contribution >= 0.6 is 0 Å². The number of oxime groups is 1. The van der Waals surface area contributed by atoms with Crippen molar-refractivity contribution in [3.05, 3.63) is 107 Å². The quantitative estimate of drug-likeness (QED) is 0.219. The molecule has 35 heavy (non-hydrogen) atoms. The van der Waals surface area contributed by atoms with Gasteiger partial charge < -0.3 is 9.94 Å². The average Bonchev–Trinajstić information content (AvgIpc) is 2.81. The molecule has 3 aromatic carbocycles. The molecule has 182 valence electrons. The highest BCUT2D eigenvalue weighted by atomic mass is 19.4. The Hall–Kier alpha value is -3.58. The number of halogens is 3. The van der Waals surface area contributed by atoms with Crippen molar-refractivity contribution in [3.8, 4) is 11.1 Å². The molecule has 4 nitrogen and oxygen atoms in total. The summed E-state index contributed by atoms with van der Waals surface area (Å²) in [7, 11) is 0. The van der Waals surface area contributed by atoms with Crippen molar-refractivity contribution in [2.45, 2.75) is 26.3 Å².